The van der Waals surface area contributed by atoms with Gasteiger partial charge < -0.3 is 9.64 Å². The third-order valence-corrected chi connectivity index (χ3v) is 14.7. The number of carbonyl (C=O) groups is 1. The molecule has 0 aromatic heterocycles. The van der Waals surface area contributed by atoms with Crippen LogP contribution < -0.4 is 0 Å². The predicted molar refractivity (Wildman–Crippen MR) is 293 cm³/mol. The van der Waals surface area contributed by atoms with E-state index >= 15 is 0 Å². The normalized spacial score (nSPS) is 13.5. The first kappa shape index (κ1) is 64.2. The number of hydrogen-bond acceptors (Lipinski definition) is 3. The average Bonchev–Trinajstić information content (AvgIpc) is 3.28. The van der Waals surface area contributed by atoms with E-state index in [-0.39, 0.29) is 5.97 Å². The fourth-order valence-corrected chi connectivity index (χ4v) is 10.4. The third-order valence-electron chi connectivity index (χ3n) is 14.7. The molecule has 0 aromatic rings. The lowest BCUT2D eigenvalue weighted by molar-refractivity contribution is -0.145. The molecular weight excluding hydrogens is 791 g/mol. The van der Waals surface area contributed by atoms with Crippen molar-refractivity contribution in [1.29, 1.82) is 0 Å². The zero-order valence-corrected chi connectivity index (χ0v) is 46.2. The molecule has 3 heteroatoms. The number of allylic oxidation sites excluding steroid dienone is 2. The average molecular weight is 915 g/mol. The number of rotatable bonds is 54. The second-order valence-corrected chi connectivity index (χ2v) is 22.2. The molecule has 0 aromatic carbocycles. The molecule has 0 radical (unpaired) electrons. The zero-order valence-electron chi connectivity index (χ0n) is 46.2. The van der Waals surface area contributed by atoms with Crippen LogP contribution in [0.3, 0.4) is 0 Å². The summed E-state index contributed by atoms with van der Waals surface area (Å²) in [5.41, 5.74) is 1.72. The molecule has 0 heterocycles. The molecule has 0 spiro atoms. The van der Waals surface area contributed by atoms with Gasteiger partial charge in [0.25, 0.3) is 0 Å². The lowest BCUT2D eigenvalue weighted by Gasteiger charge is -2.17. The molecule has 388 valence electrons. The largest absolute Gasteiger partial charge is 0.465 e. The van der Waals surface area contributed by atoms with Crippen molar-refractivity contribution in [2.45, 2.75) is 336 Å². The van der Waals surface area contributed by atoms with Gasteiger partial charge in [0.2, 0.25) is 0 Å². The van der Waals surface area contributed by atoms with Crippen molar-refractivity contribution in [2.24, 2.45) is 17.8 Å². The second kappa shape index (κ2) is 52.5. The summed E-state index contributed by atoms with van der Waals surface area (Å²) in [7, 11) is 4.12. The Morgan fingerprint density at radius 1 is 0.415 bits per heavy atom. The summed E-state index contributed by atoms with van der Waals surface area (Å²) >= 11 is 0. The highest BCUT2D eigenvalue weighted by Gasteiger charge is 2.13. The van der Waals surface area contributed by atoms with E-state index in [9.17, 15) is 4.79 Å². The topological polar surface area (TPSA) is 29.5 Å². The molecule has 0 saturated heterocycles. The number of carbonyl (C=O) groups excluding carboxylic acids is 1. The van der Waals surface area contributed by atoms with Crippen LogP contribution in [-0.4, -0.2) is 38.1 Å². The summed E-state index contributed by atoms with van der Waals surface area (Å²) in [6.07, 6.45) is 68.3. The van der Waals surface area contributed by atoms with Crippen molar-refractivity contribution < 1.29 is 9.53 Å². The number of esters is 1. The molecule has 3 atom stereocenters. The highest BCUT2D eigenvalue weighted by atomic mass is 16.5. The third kappa shape index (κ3) is 50.9. The van der Waals surface area contributed by atoms with E-state index in [4.69, 9.17) is 4.74 Å². The van der Waals surface area contributed by atoms with Crippen molar-refractivity contribution in [3.05, 3.63) is 11.6 Å². The van der Waals surface area contributed by atoms with Gasteiger partial charge in [-0.3, -0.25) is 4.79 Å². The van der Waals surface area contributed by atoms with Gasteiger partial charge in [-0.1, -0.05) is 303 Å². The van der Waals surface area contributed by atoms with Gasteiger partial charge in [-0.25, -0.2) is 0 Å². The van der Waals surface area contributed by atoms with Gasteiger partial charge in [0, 0.05) is 6.42 Å². The summed E-state index contributed by atoms with van der Waals surface area (Å²) in [4.78, 5) is 14.4. The van der Waals surface area contributed by atoms with Crippen LogP contribution in [0.25, 0.3) is 0 Å². The molecule has 65 heavy (non-hydrogen) atoms. The highest BCUT2D eigenvalue weighted by molar-refractivity contribution is 5.69. The van der Waals surface area contributed by atoms with E-state index in [2.05, 4.69) is 59.7 Å². The summed E-state index contributed by atoms with van der Waals surface area (Å²) in [6, 6.07) is 0. The lowest BCUT2D eigenvalue weighted by atomic mass is 9.89. The predicted octanol–water partition coefficient (Wildman–Crippen LogP) is 21.3. The summed E-state index contributed by atoms with van der Waals surface area (Å²) in [5.74, 6) is 1.91. The smallest absolute Gasteiger partial charge is 0.305 e. The Balaban J connectivity index is 4.70. The van der Waals surface area contributed by atoms with E-state index in [0.29, 0.717) is 24.9 Å². The van der Waals surface area contributed by atoms with Crippen LogP contribution in [0, 0.1) is 17.8 Å². The summed E-state index contributed by atoms with van der Waals surface area (Å²) in [6.45, 7) is 13.1. The summed E-state index contributed by atoms with van der Waals surface area (Å²) < 4.78 is 5.69. The number of ether oxygens (including phenoxy) is 1. The van der Waals surface area contributed by atoms with Crippen LogP contribution >= 0.6 is 0 Å². The molecule has 3 unspecified atom stereocenters. The maximum atomic E-state index is 12.3. The molecule has 0 bridgehead atoms. The Hall–Kier alpha value is -0.830. The minimum absolute atomic E-state index is 0.0289. The van der Waals surface area contributed by atoms with Crippen molar-refractivity contribution in [3.63, 3.8) is 0 Å². The van der Waals surface area contributed by atoms with Crippen LogP contribution in [0.1, 0.15) is 336 Å². The van der Waals surface area contributed by atoms with Crippen molar-refractivity contribution in [2.75, 3.05) is 27.2 Å². The van der Waals surface area contributed by atoms with Crippen LogP contribution in [0.15, 0.2) is 11.6 Å². The van der Waals surface area contributed by atoms with Crippen LogP contribution in [-0.2, 0) is 9.53 Å². The first-order valence-electron chi connectivity index (χ1n) is 30.3. The molecule has 0 aliphatic rings. The van der Waals surface area contributed by atoms with Crippen LogP contribution in [0.5, 0.6) is 0 Å². The lowest BCUT2D eigenvalue weighted by Crippen LogP contribution is -2.17. The van der Waals surface area contributed by atoms with Gasteiger partial charge >= 0.3 is 5.97 Å². The van der Waals surface area contributed by atoms with Crippen molar-refractivity contribution in [1.82, 2.24) is 4.90 Å². The van der Waals surface area contributed by atoms with Crippen LogP contribution in [0.2, 0.25) is 0 Å². The molecule has 0 amide bonds. The SMILES string of the molecule is CCCCCCCCCCCCCCCCCCC(=CC(C)CC(C)COC(=O)CCCN(C)C)CCCCCCCCC(CCCCCCCCCC)CCCCCCCCCCC. The maximum absolute atomic E-state index is 12.3. The zero-order chi connectivity index (χ0) is 47.5. The molecule has 0 fully saturated rings. The fraction of sp³-hybridized carbons (Fsp3) is 0.952. The first-order valence-corrected chi connectivity index (χ1v) is 30.3. The van der Waals surface area contributed by atoms with Gasteiger partial charge in [0.1, 0.15) is 0 Å². The molecule has 0 saturated carbocycles. The number of nitrogens with zero attached hydrogens (tertiary/aromatic N) is 1. The van der Waals surface area contributed by atoms with E-state index < -0.39 is 0 Å². The summed E-state index contributed by atoms with van der Waals surface area (Å²) in [5, 5.41) is 0. The standard InChI is InChI=1S/C62H123NO2/c1-8-11-14-17-20-23-24-25-26-27-28-29-31-34-40-45-51-61(56-58(4)55-59(5)57-65-62(64)53-47-54-63(6)7)52-46-41-36-35-39-44-50-60(48-42-37-32-22-19-16-13-10-3)49-43-38-33-30-21-18-15-12-9-2/h56,58-60H,8-55,57H2,1-7H3. The van der Waals surface area contributed by atoms with Crippen molar-refractivity contribution in [3.8, 4) is 0 Å². The van der Waals surface area contributed by atoms with E-state index in [1.54, 1.807) is 5.57 Å². The Labute approximate surface area is 411 Å². The second-order valence-electron chi connectivity index (χ2n) is 22.2. The number of hydrogen-bond donors (Lipinski definition) is 0. The van der Waals surface area contributed by atoms with Gasteiger partial charge in [-0.15, -0.1) is 0 Å². The minimum Gasteiger partial charge on any atom is -0.465 e. The van der Waals surface area contributed by atoms with Crippen LogP contribution in [0.4, 0.5) is 0 Å². The maximum Gasteiger partial charge on any atom is 0.305 e. The van der Waals surface area contributed by atoms with E-state index in [0.717, 1.165) is 25.3 Å². The minimum atomic E-state index is -0.0289. The Kier molecular flexibility index (Phi) is 51.9. The van der Waals surface area contributed by atoms with Gasteiger partial charge in [-0.2, -0.15) is 0 Å². The fourth-order valence-electron chi connectivity index (χ4n) is 10.4. The molecule has 0 aliphatic heterocycles. The van der Waals surface area contributed by atoms with E-state index in [1.165, 1.54) is 283 Å². The molecule has 0 aliphatic carbocycles. The molecule has 0 rings (SSSR count). The van der Waals surface area contributed by atoms with Crippen molar-refractivity contribution >= 4 is 5.97 Å². The molecular formula is C62H123NO2. The van der Waals surface area contributed by atoms with E-state index in [1.807, 2.05) is 0 Å². The van der Waals surface area contributed by atoms with Gasteiger partial charge in [0.05, 0.1) is 6.61 Å². The Bertz CT molecular complexity index is 958. The highest BCUT2D eigenvalue weighted by Crippen LogP contribution is 2.27. The Morgan fingerprint density at radius 3 is 1.05 bits per heavy atom. The quantitative estimate of drug-likeness (QED) is 0.0346. The monoisotopic (exact) mass is 914 g/mol. The Morgan fingerprint density at radius 2 is 0.723 bits per heavy atom. The molecule has 0 N–H and O–H groups in total. The molecule has 3 nitrogen and oxygen atoms in total. The van der Waals surface area contributed by atoms with Gasteiger partial charge in [0.15, 0.2) is 0 Å². The first-order chi connectivity index (χ1) is 31.8. The van der Waals surface area contributed by atoms with Gasteiger partial charge in [-0.05, 0) is 76.9 Å². The number of unbranched alkanes of at least 4 members (excludes halogenated alkanes) is 35.